The number of fused-ring (bicyclic) bond motifs is 4. The van der Waals surface area contributed by atoms with Crippen molar-refractivity contribution in [2.45, 2.75) is 32.2 Å². The molecule has 0 fully saturated rings. The Hall–Kier alpha value is -4.84. The van der Waals surface area contributed by atoms with E-state index in [1.807, 2.05) is 13.0 Å². The lowest BCUT2D eigenvalue weighted by atomic mass is 9.95. The number of ether oxygens (including phenoxy) is 1. The van der Waals surface area contributed by atoms with E-state index < -0.39 is 23.9 Å². The topological polar surface area (TPSA) is 140 Å². The van der Waals surface area contributed by atoms with Crippen LogP contribution in [0, 0.1) is 11.7 Å². The average Bonchev–Trinajstić information content (AvgIpc) is 3.48. The minimum absolute atomic E-state index is 0.0135. The third kappa shape index (κ3) is 6.23. The normalized spacial score (nSPS) is 16.7. The summed E-state index contributed by atoms with van der Waals surface area (Å²) in [4.78, 5) is 42.6. The molecule has 1 aliphatic heterocycles. The molecule has 2 atom stereocenters. The Kier molecular flexibility index (Phi) is 8.43. The Morgan fingerprint density at radius 3 is 2.81 bits per heavy atom. The van der Waals surface area contributed by atoms with Gasteiger partial charge >= 0.3 is 6.09 Å². The van der Waals surface area contributed by atoms with E-state index in [1.54, 1.807) is 36.5 Å². The monoisotopic (exact) mass is 591 g/mol. The van der Waals surface area contributed by atoms with E-state index in [9.17, 15) is 18.8 Å². The minimum Gasteiger partial charge on any atom is -0.453 e. The van der Waals surface area contributed by atoms with E-state index in [2.05, 4.69) is 36.0 Å². The summed E-state index contributed by atoms with van der Waals surface area (Å²) in [5, 5.41) is 16.3. The Morgan fingerprint density at radius 1 is 1.17 bits per heavy atom. The number of anilines is 2. The van der Waals surface area contributed by atoms with Crippen molar-refractivity contribution in [3.63, 3.8) is 0 Å². The van der Waals surface area contributed by atoms with Crippen LogP contribution >= 0.6 is 11.6 Å². The first-order chi connectivity index (χ1) is 20.2. The number of amides is 3. The largest absolute Gasteiger partial charge is 0.453 e. The predicted molar refractivity (Wildman–Crippen MR) is 154 cm³/mol. The molecule has 216 valence electrons. The number of benzene rings is 2. The van der Waals surface area contributed by atoms with E-state index in [-0.39, 0.29) is 28.2 Å². The first-order valence-electron chi connectivity index (χ1n) is 13.2. The maximum absolute atomic E-state index is 14.5. The van der Waals surface area contributed by atoms with Crippen molar-refractivity contribution in [1.82, 2.24) is 25.3 Å². The van der Waals surface area contributed by atoms with E-state index in [0.717, 1.165) is 10.2 Å². The van der Waals surface area contributed by atoms with Gasteiger partial charge in [-0.05, 0) is 54.8 Å². The summed E-state index contributed by atoms with van der Waals surface area (Å²) in [5.41, 5.74) is 3.05. The number of nitrogens with zero attached hydrogens (tertiary/aromatic N) is 4. The molecule has 0 saturated carbocycles. The van der Waals surface area contributed by atoms with Crippen molar-refractivity contribution >= 4 is 40.9 Å². The highest BCUT2D eigenvalue weighted by Gasteiger charge is 2.24. The Bertz CT molecular complexity index is 1660. The second-order valence-corrected chi connectivity index (χ2v) is 10.2. The number of nitrogens with one attached hydrogen (secondary N) is 3. The Labute approximate surface area is 245 Å². The molecule has 2 aromatic heterocycles. The maximum atomic E-state index is 14.5. The molecular formula is C29H27ClFN7O4. The van der Waals surface area contributed by atoms with Crippen LogP contribution < -0.4 is 16.0 Å². The SMILES string of the molecule is COC(=O)Nc1ccc2c(c1)NC(=O)[C@H](C)CCC[C@H](NC(=O)c1cn(-c3cccc(Cl)c3F)nn1)c1cc-2ccn1. The molecule has 4 aromatic rings. The zero-order chi connectivity index (χ0) is 29.8. The van der Waals surface area contributed by atoms with Gasteiger partial charge in [-0.1, -0.05) is 42.3 Å². The second-order valence-electron chi connectivity index (χ2n) is 9.81. The fraction of sp³-hybridized carbons (Fsp3) is 0.241. The zero-order valence-electron chi connectivity index (χ0n) is 22.7. The molecule has 11 nitrogen and oxygen atoms in total. The number of carbonyl (C=O) groups is 3. The van der Waals surface area contributed by atoms with Crippen LogP contribution in [0.3, 0.4) is 0 Å². The third-order valence-corrected chi connectivity index (χ3v) is 7.24. The molecule has 0 radical (unpaired) electrons. The molecule has 42 heavy (non-hydrogen) atoms. The number of carbonyl (C=O) groups excluding carboxylic acids is 3. The first kappa shape index (κ1) is 28.7. The van der Waals surface area contributed by atoms with Gasteiger partial charge in [-0.25, -0.2) is 13.9 Å². The molecule has 0 spiro atoms. The van der Waals surface area contributed by atoms with Gasteiger partial charge in [0.15, 0.2) is 11.5 Å². The van der Waals surface area contributed by atoms with Crippen molar-refractivity contribution in [2.24, 2.45) is 5.92 Å². The standard InChI is InChI=1S/C29H27ClFN7O4/c1-16-5-3-7-21(34-28(40)24-15-38(37-36-24)25-8-4-6-20(30)26(25)31)23-13-17(11-12-32-23)19-10-9-18(33-29(41)42-2)14-22(19)35-27(16)39/h4,6,8-16,21H,3,5,7H2,1-2H3,(H,33,41)(H,34,40)(H,35,39)/t16-,21+/m1/s1. The number of pyridine rings is 1. The van der Waals surface area contributed by atoms with Gasteiger partial charge in [0, 0.05) is 23.4 Å². The van der Waals surface area contributed by atoms with Crippen LogP contribution in [0.25, 0.3) is 16.8 Å². The fourth-order valence-corrected chi connectivity index (χ4v) is 4.82. The van der Waals surface area contributed by atoms with E-state index in [0.29, 0.717) is 41.9 Å². The highest BCUT2D eigenvalue weighted by atomic mass is 35.5. The second kappa shape index (κ2) is 12.4. The molecule has 0 unspecified atom stereocenters. The number of halogens is 2. The molecule has 5 rings (SSSR count). The van der Waals surface area contributed by atoms with Gasteiger partial charge in [0.2, 0.25) is 5.91 Å². The van der Waals surface area contributed by atoms with Crippen molar-refractivity contribution < 1.29 is 23.5 Å². The van der Waals surface area contributed by atoms with E-state index in [1.165, 1.54) is 25.4 Å². The summed E-state index contributed by atoms with van der Waals surface area (Å²) in [6.07, 6.45) is 3.99. The van der Waals surface area contributed by atoms with E-state index in [4.69, 9.17) is 11.6 Å². The number of hydrogen-bond donors (Lipinski definition) is 3. The van der Waals surface area contributed by atoms with Gasteiger partial charge in [0.05, 0.1) is 35.8 Å². The third-order valence-electron chi connectivity index (χ3n) is 6.95. The number of aromatic nitrogens is 4. The van der Waals surface area contributed by atoms with Crippen molar-refractivity contribution in [3.8, 4) is 16.8 Å². The summed E-state index contributed by atoms with van der Waals surface area (Å²) < 4.78 is 20.3. The Morgan fingerprint density at radius 2 is 2.00 bits per heavy atom. The predicted octanol–water partition coefficient (Wildman–Crippen LogP) is 5.53. The van der Waals surface area contributed by atoms with Crippen LogP contribution in [-0.2, 0) is 9.53 Å². The van der Waals surface area contributed by atoms with Crippen molar-refractivity contribution in [2.75, 3.05) is 17.7 Å². The molecule has 2 bridgehead atoms. The van der Waals surface area contributed by atoms with Crippen LogP contribution in [0.1, 0.15) is 48.4 Å². The van der Waals surface area contributed by atoms with Gasteiger partial charge < -0.3 is 15.4 Å². The lowest BCUT2D eigenvalue weighted by Crippen LogP contribution is -2.30. The van der Waals surface area contributed by atoms with Gasteiger partial charge in [-0.15, -0.1) is 5.10 Å². The highest BCUT2D eigenvalue weighted by molar-refractivity contribution is 6.30. The minimum atomic E-state index is -0.678. The molecule has 3 heterocycles. The first-order valence-corrected chi connectivity index (χ1v) is 13.5. The van der Waals surface area contributed by atoms with Crippen LogP contribution in [-0.4, -0.2) is 45.0 Å². The van der Waals surface area contributed by atoms with E-state index >= 15 is 0 Å². The number of methoxy groups -OCH3 is 1. The fourth-order valence-electron chi connectivity index (χ4n) is 4.65. The molecule has 3 N–H and O–H groups in total. The lowest BCUT2D eigenvalue weighted by Gasteiger charge is -2.22. The number of rotatable bonds is 4. The zero-order valence-corrected chi connectivity index (χ0v) is 23.5. The summed E-state index contributed by atoms with van der Waals surface area (Å²) in [5.74, 6) is -1.70. The molecular weight excluding hydrogens is 565 g/mol. The van der Waals surface area contributed by atoms with Crippen molar-refractivity contribution in [3.05, 3.63) is 83.2 Å². The highest BCUT2D eigenvalue weighted by Crippen LogP contribution is 2.34. The lowest BCUT2D eigenvalue weighted by molar-refractivity contribution is -0.119. The summed E-state index contributed by atoms with van der Waals surface area (Å²) >= 11 is 5.88. The van der Waals surface area contributed by atoms with Gasteiger partial charge in [-0.3, -0.25) is 19.9 Å². The molecule has 13 heteroatoms. The average molecular weight is 592 g/mol. The van der Waals surface area contributed by atoms with Crippen LogP contribution in [0.4, 0.5) is 20.6 Å². The molecule has 2 aromatic carbocycles. The van der Waals surface area contributed by atoms with Crippen LogP contribution in [0.5, 0.6) is 0 Å². The summed E-state index contributed by atoms with van der Waals surface area (Å²) in [6.45, 7) is 1.83. The number of hydrogen-bond acceptors (Lipinski definition) is 7. The quantitative estimate of drug-likeness (QED) is 0.283. The molecule has 3 amide bonds. The molecule has 0 saturated heterocycles. The van der Waals surface area contributed by atoms with Gasteiger partial charge in [0.1, 0.15) is 5.69 Å². The van der Waals surface area contributed by atoms with Crippen LogP contribution in [0.2, 0.25) is 5.02 Å². The van der Waals surface area contributed by atoms with Gasteiger partial charge in [-0.2, -0.15) is 0 Å². The van der Waals surface area contributed by atoms with Crippen LogP contribution in [0.15, 0.2) is 60.9 Å². The summed E-state index contributed by atoms with van der Waals surface area (Å²) in [6, 6.07) is 12.7. The molecule has 1 aliphatic rings. The maximum Gasteiger partial charge on any atom is 0.411 e. The van der Waals surface area contributed by atoms with Crippen molar-refractivity contribution in [1.29, 1.82) is 0 Å². The van der Waals surface area contributed by atoms with Gasteiger partial charge in [0.25, 0.3) is 5.91 Å². The Balaban J connectivity index is 1.46. The molecule has 0 aliphatic carbocycles. The smallest absolute Gasteiger partial charge is 0.411 e. The summed E-state index contributed by atoms with van der Waals surface area (Å²) in [7, 11) is 1.27.